The molecule has 33 heavy (non-hydrogen) atoms. The number of ether oxygens (including phenoxy) is 1. The molecule has 2 aromatic rings. The molecular formula is C25H28N2O6. The average molecular weight is 453 g/mol. The summed E-state index contributed by atoms with van der Waals surface area (Å²) in [6.07, 6.45) is -0.464. The van der Waals surface area contributed by atoms with Crippen LogP contribution in [0, 0.1) is 5.92 Å². The summed E-state index contributed by atoms with van der Waals surface area (Å²) in [6.45, 7) is 0.0754. The molecule has 8 heteroatoms. The van der Waals surface area contributed by atoms with Gasteiger partial charge in [-0.2, -0.15) is 0 Å². The molecule has 2 amide bonds. The van der Waals surface area contributed by atoms with Crippen LogP contribution in [0.4, 0.5) is 4.79 Å². The van der Waals surface area contributed by atoms with Gasteiger partial charge in [-0.05, 0) is 41.0 Å². The van der Waals surface area contributed by atoms with Crippen molar-refractivity contribution in [3.05, 3.63) is 59.7 Å². The van der Waals surface area contributed by atoms with E-state index in [0.29, 0.717) is 12.8 Å². The second kappa shape index (κ2) is 10.0. The van der Waals surface area contributed by atoms with Crippen molar-refractivity contribution in [3.63, 3.8) is 0 Å². The second-order valence-corrected chi connectivity index (χ2v) is 8.76. The molecule has 1 unspecified atom stereocenters. The first-order valence-corrected chi connectivity index (χ1v) is 11.2. The Kier molecular flexibility index (Phi) is 6.93. The molecule has 0 aromatic heterocycles. The molecule has 1 saturated carbocycles. The van der Waals surface area contributed by atoms with Gasteiger partial charge < -0.3 is 25.6 Å². The number of hydrogen-bond donors (Lipinski definition) is 4. The zero-order chi connectivity index (χ0) is 23.4. The number of carboxylic acid groups (broad SMARTS) is 1. The van der Waals surface area contributed by atoms with Gasteiger partial charge in [-0.3, -0.25) is 9.59 Å². The third-order valence-electron chi connectivity index (χ3n) is 6.31. The highest BCUT2D eigenvalue weighted by molar-refractivity contribution is 5.79. The largest absolute Gasteiger partial charge is 0.481 e. The van der Waals surface area contributed by atoms with E-state index in [4.69, 9.17) is 9.84 Å². The third kappa shape index (κ3) is 5.51. The topological polar surface area (TPSA) is 125 Å². The average Bonchev–Trinajstić information content (AvgIpc) is 3.08. The summed E-state index contributed by atoms with van der Waals surface area (Å²) in [7, 11) is 0. The molecule has 2 aliphatic rings. The molecule has 0 spiro atoms. The Labute approximate surface area is 192 Å². The van der Waals surface area contributed by atoms with Crippen LogP contribution in [0.5, 0.6) is 0 Å². The van der Waals surface area contributed by atoms with E-state index in [9.17, 15) is 19.5 Å². The number of aliphatic hydroxyl groups is 1. The number of aliphatic hydroxyl groups excluding tert-OH is 1. The number of aliphatic carboxylic acids is 1. The van der Waals surface area contributed by atoms with E-state index >= 15 is 0 Å². The van der Waals surface area contributed by atoms with Crippen LogP contribution in [0.2, 0.25) is 0 Å². The van der Waals surface area contributed by atoms with Gasteiger partial charge in [-0.15, -0.1) is 0 Å². The van der Waals surface area contributed by atoms with Gasteiger partial charge in [0.25, 0.3) is 0 Å². The molecule has 2 aliphatic carbocycles. The monoisotopic (exact) mass is 452 g/mol. The first-order valence-electron chi connectivity index (χ1n) is 11.2. The van der Waals surface area contributed by atoms with Gasteiger partial charge in [0.05, 0.1) is 12.5 Å². The minimum atomic E-state index is -1.04. The summed E-state index contributed by atoms with van der Waals surface area (Å²) in [4.78, 5) is 34.9. The summed E-state index contributed by atoms with van der Waals surface area (Å²) >= 11 is 0. The first kappa shape index (κ1) is 22.8. The first-order chi connectivity index (χ1) is 15.9. The number of benzene rings is 2. The van der Waals surface area contributed by atoms with Gasteiger partial charge in [0.15, 0.2) is 0 Å². The lowest BCUT2D eigenvalue weighted by atomic mass is 9.78. The minimum Gasteiger partial charge on any atom is -0.481 e. The number of rotatable bonds is 9. The number of nitrogens with one attached hydrogen (secondary N) is 2. The van der Waals surface area contributed by atoms with Crippen LogP contribution in [0.15, 0.2) is 48.5 Å². The van der Waals surface area contributed by atoms with Crippen molar-refractivity contribution >= 4 is 18.0 Å². The number of fused-ring (bicyclic) bond motifs is 3. The molecule has 0 aliphatic heterocycles. The normalized spacial score (nSPS) is 19.5. The quantitative estimate of drug-likeness (QED) is 0.464. The zero-order valence-electron chi connectivity index (χ0n) is 18.2. The second-order valence-electron chi connectivity index (χ2n) is 8.76. The highest BCUT2D eigenvalue weighted by Crippen LogP contribution is 2.44. The van der Waals surface area contributed by atoms with Crippen molar-refractivity contribution in [2.45, 2.75) is 43.7 Å². The smallest absolute Gasteiger partial charge is 0.407 e. The highest BCUT2D eigenvalue weighted by Gasteiger charge is 2.32. The molecule has 1 atom stereocenters. The van der Waals surface area contributed by atoms with Crippen LogP contribution >= 0.6 is 0 Å². The molecule has 0 radical (unpaired) electrons. The van der Waals surface area contributed by atoms with E-state index in [0.717, 1.165) is 22.3 Å². The Balaban J connectivity index is 1.18. The van der Waals surface area contributed by atoms with E-state index in [-0.39, 0.29) is 49.8 Å². The van der Waals surface area contributed by atoms with Crippen LogP contribution in [0.25, 0.3) is 11.1 Å². The third-order valence-corrected chi connectivity index (χ3v) is 6.31. The van der Waals surface area contributed by atoms with Crippen molar-refractivity contribution in [1.82, 2.24) is 10.6 Å². The van der Waals surface area contributed by atoms with Crippen LogP contribution < -0.4 is 10.6 Å². The SMILES string of the molecule is O=C(O)CC1CC(NC(=O)CC(O)CNC(=O)OCC2c3ccccc3-c3ccccc32)C1. The summed E-state index contributed by atoms with van der Waals surface area (Å²) in [6, 6.07) is 16.1. The van der Waals surface area contributed by atoms with Crippen LogP contribution in [0.1, 0.15) is 42.7 Å². The predicted octanol–water partition coefficient (Wildman–Crippen LogP) is 2.65. The fraction of sp³-hybridized carbons (Fsp3) is 0.400. The molecule has 0 heterocycles. The fourth-order valence-corrected chi connectivity index (χ4v) is 4.69. The maximum absolute atomic E-state index is 12.2. The summed E-state index contributed by atoms with van der Waals surface area (Å²) in [5.74, 6) is -1.12. The maximum atomic E-state index is 12.2. The Morgan fingerprint density at radius 3 is 2.21 bits per heavy atom. The Bertz CT molecular complexity index is 988. The number of carbonyl (C=O) groups is 3. The predicted molar refractivity (Wildman–Crippen MR) is 121 cm³/mol. The Morgan fingerprint density at radius 2 is 1.61 bits per heavy atom. The molecular weight excluding hydrogens is 424 g/mol. The lowest BCUT2D eigenvalue weighted by Crippen LogP contribution is -2.46. The molecule has 4 N–H and O–H groups in total. The molecule has 174 valence electrons. The molecule has 2 aromatic carbocycles. The van der Waals surface area contributed by atoms with Gasteiger partial charge in [0.2, 0.25) is 5.91 Å². The van der Waals surface area contributed by atoms with Gasteiger partial charge in [-0.1, -0.05) is 48.5 Å². The van der Waals surface area contributed by atoms with Crippen molar-refractivity contribution in [1.29, 1.82) is 0 Å². The summed E-state index contributed by atoms with van der Waals surface area (Å²) in [5.41, 5.74) is 4.52. The number of carbonyl (C=O) groups excluding carboxylic acids is 2. The lowest BCUT2D eigenvalue weighted by Gasteiger charge is -2.35. The summed E-state index contributed by atoms with van der Waals surface area (Å²) < 4.78 is 5.42. The van der Waals surface area contributed by atoms with Crippen molar-refractivity contribution < 1.29 is 29.3 Å². The molecule has 0 bridgehead atoms. The minimum absolute atomic E-state index is 0.0497. The Hall–Kier alpha value is -3.39. The number of hydrogen-bond acceptors (Lipinski definition) is 5. The molecule has 0 saturated heterocycles. The Morgan fingerprint density at radius 1 is 1.00 bits per heavy atom. The van der Waals surface area contributed by atoms with E-state index in [1.54, 1.807) is 0 Å². The van der Waals surface area contributed by atoms with Gasteiger partial charge in [0.1, 0.15) is 6.61 Å². The van der Waals surface area contributed by atoms with Gasteiger partial charge in [-0.25, -0.2) is 4.79 Å². The van der Waals surface area contributed by atoms with E-state index < -0.39 is 18.2 Å². The molecule has 4 rings (SSSR count). The molecule has 8 nitrogen and oxygen atoms in total. The van der Waals surface area contributed by atoms with Gasteiger partial charge >= 0.3 is 12.1 Å². The summed E-state index contributed by atoms with van der Waals surface area (Å²) in [5, 5.41) is 24.1. The van der Waals surface area contributed by atoms with Crippen LogP contribution in [0.3, 0.4) is 0 Å². The number of carboxylic acids is 1. The van der Waals surface area contributed by atoms with Gasteiger partial charge in [0, 0.05) is 24.9 Å². The number of alkyl carbamates (subject to hydrolysis) is 1. The van der Waals surface area contributed by atoms with E-state index in [1.807, 2.05) is 36.4 Å². The van der Waals surface area contributed by atoms with E-state index in [1.165, 1.54) is 0 Å². The standard InChI is InChI=1S/C25H28N2O6/c28-17(12-23(29)27-16-9-15(10-16)11-24(30)31)13-26-25(32)33-14-22-20-7-3-1-5-18(20)19-6-2-4-8-21(19)22/h1-8,15-17,22,28H,9-14H2,(H,26,32)(H,27,29)(H,30,31). The lowest BCUT2D eigenvalue weighted by molar-refractivity contribution is -0.139. The van der Waals surface area contributed by atoms with Crippen LogP contribution in [-0.2, 0) is 14.3 Å². The van der Waals surface area contributed by atoms with E-state index in [2.05, 4.69) is 22.8 Å². The van der Waals surface area contributed by atoms with Crippen molar-refractivity contribution in [3.8, 4) is 11.1 Å². The fourth-order valence-electron chi connectivity index (χ4n) is 4.69. The zero-order valence-corrected chi connectivity index (χ0v) is 18.2. The number of amides is 2. The highest BCUT2D eigenvalue weighted by atomic mass is 16.5. The molecule has 1 fully saturated rings. The van der Waals surface area contributed by atoms with Crippen molar-refractivity contribution in [2.24, 2.45) is 5.92 Å². The maximum Gasteiger partial charge on any atom is 0.407 e. The van der Waals surface area contributed by atoms with Crippen molar-refractivity contribution in [2.75, 3.05) is 13.2 Å². The van der Waals surface area contributed by atoms with Crippen LogP contribution in [-0.4, -0.2) is 53.5 Å².